The van der Waals surface area contributed by atoms with Gasteiger partial charge in [0, 0.05) is 18.6 Å². The number of piperidine rings is 1. The zero-order valence-electron chi connectivity index (χ0n) is 12.3. The molecule has 0 spiro atoms. The maximum atomic E-state index is 3.43. The summed E-state index contributed by atoms with van der Waals surface area (Å²) in [5.74, 6) is 0.920. The van der Waals surface area contributed by atoms with Crippen molar-refractivity contribution in [3.8, 4) is 0 Å². The maximum Gasteiger partial charge on any atom is 0.00910 e. The van der Waals surface area contributed by atoms with Crippen molar-refractivity contribution in [3.05, 3.63) is 0 Å². The van der Waals surface area contributed by atoms with Crippen LogP contribution in [0, 0.1) is 5.92 Å². The van der Waals surface area contributed by atoms with E-state index in [2.05, 4.69) is 38.0 Å². The first kappa shape index (κ1) is 15.0. The van der Waals surface area contributed by atoms with Crippen molar-refractivity contribution >= 4 is 0 Å². The third-order valence-corrected chi connectivity index (χ3v) is 4.46. The van der Waals surface area contributed by atoms with E-state index in [-0.39, 0.29) is 0 Å². The number of hydrogen-bond acceptors (Lipinski definition) is 2. The van der Waals surface area contributed by atoms with Crippen molar-refractivity contribution in [1.82, 2.24) is 10.2 Å². The van der Waals surface area contributed by atoms with Crippen LogP contribution in [0.1, 0.15) is 59.3 Å². The highest BCUT2D eigenvalue weighted by atomic mass is 15.2. The minimum Gasteiger partial charge on any atom is -0.317 e. The molecule has 1 rings (SSSR count). The Labute approximate surface area is 108 Å². The summed E-state index contributed by atoms with van der Waals surface area (Å²) in [6.07, 6.45) is 8.16. The molecule has 1 aliphatic heterocycles. The Balaban J connectivity index is 2.34. The summed E-state index contributed by atoms with van der Waals surface area (Å²) in [4.78, 5) is 2.72. The molecule has 0 aliphatic carbocycles. The Bertz CT molecular complexity index is 193. The molecule has 17 heavy (non-hydrogen) atoms. The molecule has 0 radical (unpaired) electrons. The van der Waals surface area contributed by atoms with E-state index in [9.17, 15) is 0 Å². The fraction of sp³-hybridized carbons (Fsp3) is 1.00. The summed E-state index contributed by atoms with van der Waals surface area (Å²) in [6, 6.07) is 1.51. The van der Waals surface area contributed by atoms with E-state index in [1.54, 1.807) is 0 Å². The molecular formula is C15H32N2. The van der Waals surface area contributed by atoms with Crippen LogP contribution >= 0.6 is 0 Å². The van der Waals surface area contributed by atoms with Gasteiger partial charge < -0.3 is 10.2 Å². The number of hydrogen-bond donors (Lipinski definition) is 1. The predicted octanol–water partition coefficient (Wildman–Crippen LogP) is 3.28. The van der Waals surface area contributed by atoms with E-state index in [1.807, 2.05) is 0 Å². The first-order valence-electron chi connectivity index (χ1n) is 7.62. The normalized spacial score (nSPS) is 28.2. The molecule has 102 valence electrons. The van der Waals surface area contributed by atoms with Crippen molar-refractivity contribution in [1.29, 1.82) is 0 Å². The Hall–Kier alpha value is -0.0800. The van der Waals surface area contributed by atoms with Gasteiger partial charge in [0.05, 0.1) is 0 Å². The number of nitrogens with one attached hydrogen (secondary N) is 1. The number of unbranched alkanes of at least 4 members (excludes halogenated alkanes) is 1. The lowest BCUT2D eigenvalue weighted by atomic mass is 9.94. The molecule has 0 aromatic heterocycles. The molecule has 3 unspecified atom stereocenters. The molecule has 1 aliphatic rings. The van der Waals surface area contributed by atoms with Gasteiger partial charge in [-0.3, -0.25) is 0 Å². The molecule has 2 heteroatoms. The van der Waals surface area contributed by atoms with Gasteiger partial charge in [0.15, 0.2) is 0 Å². The summed E-state index contributed by atoms with van der Waals surface area (Å²) >= 11 is 0. The van der Waals surface area contributed by atoms with E-state index < -0.39 is 0 Å². The molecule has 0 amide bonds. The van der Waals surface area contributed by atoms with E-state index in [0.717, 1.165) is 18.0 Å². The topological polar surface area (TPSA) is 15.3 Å². The molecule has 0 saturated carbocycles. The van der Waals surface area contributed by atoms with Gasteiger partial charge in [-0.1, -0.05) is 33.1 Å². The molecule has 2 nitrogen and oxygen atoms in total. The molecule has 0 aromatic carbocycles. The van der Waals surface area contributed by atoms with Gasteiger partial charge in [-0.2, -0.15) is 0 Å². The minimum atomic E-state index is 0.747. The lowest BCUT2D eigenvalue weighted by molar-refractivity contribution is 0.114. The van der Waals surface area contributed by atoms with Crippen molar-refractivity contribution in [2.45, 2.75) is 71.4 Å². The van der Waals surface area contributed by atoms with Gasteiger partial charge >= 0.3 is 0 Å². The second kappa shape index (κ2) is 8.10. The van der Waals surface area contributed by atoms with Gasteiger partial charge in [0.1, 0.15) is 0 Å². The second-order valence-corrected chi connectivity index (χ2v) is 5.77. The van der Waals surface area contributed by atoms with Crippen molar-refractivity contribution in [2.75, 3.05) is 20.1 Å². The largest absolute Gasteiger partial charge is 0.317 e. The fourth-order valence-electron chi connectivity index (χ4n) is 3.00. The standard InChI is InChI=1S/C15H32N2/c1-5-7-8-14(6-2)12-17-10-9-15(16-4)11-13(17)3/h13-16H,5-12H2,1-4H3. The molecular weight excluding hydrogens is 208 g/mol. The van der Waals surface area contributed by atoms with Crippen LogP contribution in [0.3, 0.4) is 0 Å². The second-order valence-electron chi connectivity index (χ2n) is 5.77. The van der Waals surface area contributed by atoms with Crippen LogP contribution in [0.5, 0.6) is 0 Å². The van der Waals surface area contributed by atoms with Gasteiger partial charge in [-0.25, -0.2) is 0 Å². The summed E-state index contributed by atoms with van der Waals surface area (Å²) in [5, 5.41) is 3.43. The van der Waals surface area contributed by atoms with Crippen molar-refractivity contribution in [2.24, 2.45) is 5.92 Å². The van der Waals surface area contributed by atoms with Crippen LogP contribution in [0.4, 0.5) is 0 Å². The lowest BCUT2D eigenvalue weighted by Crippen LogP contribution is -2.48. The summed E-state index contributed by atoms with van der Waals surface area (Å²) in [5.41, 5.74) is 0. The molecule has 1 heterocycles. The Kier molecular flexibility index (Phi) is 7.14. The quantitative estimate of drug-likeness (QED) is 0.735. The highest BCUT2D eigenvalue weighted by molar-refractivity contribution is 4.83. The van der Waals surface area contributed by atoms with Gasteiger partial charge in [-0.15, -0.1) is 0 Å². The molecule has 3 atom stereocenters. The van der Waals surface area contributed by atoms with Crippen molar-refractivity contribution in [3.63, 3.8) is 0 Å². The third kappa shape index (κ3) is 4.97. The van der Waals surface area contributed by atoms with Crippen LogP contribution in [-0.4, -0.2) is 37.1 Å². The molecule has 1 N–H and O–H groups in total. The Morgan fingerprint density at radius 2 is 2.12 bits per heavy atom. The van der Waals surface area contributed by atoms with E-state index in [0.29, 0.717) is 0 Å². The lowest BCUT2D eigenvalue weighted by Gasteiger charge is -2.39. The summed E-state index contributed by atoms with van der Waals surface area (Å²) in [7, 11) is 2.10. The number of rotatable bonds is 7. The average molecular weight is 240 g/mol. The first-order valence-corrected chi connectivity index (χ1v) is 7.62. The van der Waals surface area contributed by atoms with Crippen molar-refractivity contribution < 1.29 is 0 Å². The Morgan fingerprint density at radius 3 is 2.65 bits per heavy atom. The van der Waals surface area contributed by atoms with Gasteiger partial charge in [0.2, 0.25) is 0 Å². The van der Waals surface area contributed by atoms with Gasteiger partial charge in [0.25, 0.3) is 0 Å². The Morgan fingerprint density at radius 1 is 1.35 bits per heavy atom. The smallest absolute Gasteiger partial charge is 0.00910 e. The van der Waals surface area contributed by atoms with E-state index in [4.69, 9.17) is 0 Å². The highest BCUT2D eigenvalue weighted by Crippen LogP contribution is 2.21. The fourth-order valence-corrected chi connectivity index (χ4v) is 3.00. The zero-order chi connectivity index (χ0) is 12.7. The summed E-state index contributed by atoms with van der Waals surface area (Å²) < 4.78 is 0. The molecule has 0 aromatic rings. The molecule has 0 bridgehead atoms. The number of likely N-dealkylation sites (tertiary alicyclic amines) is 1. The zero-order valence-corrected chi connectivity index (χ0v) is 12.3. The van der Waals surface area contributed by atoms with Crippen LogP contribution in [0.2, 0.25) is 0 Å². The SMILES string of the molecule is CCCCC(CC)CN1CCC(NC)CC1C. The maximum absolute atomic E-state index is 3.43. The van der Waals surface area contributed by atoms with Crippen LogP contribution in [0.15, 0.2) is 0 Å². The molecule has 1 saturated heterocycles. The minimum absolute atomic E-state index is 0.747. The third-order valence-electron chi connectivity index (χ3n) is 4.46. The first-order chi connectivity index (χ1) is 8.21. The molecule has 1 fully saturated rings. The summed E-state index contributed by atoms with van der Waals surface area (Å²) in [6.45, 7) is 9.67. The monoisotopic (exact) mass is 240 g/mol. The van der Waals surface area contributed by atoms with Gasteiger partial charge in [-0.05, 0) is 45.7 Å². The van der Waals surface area contributed by atoms with Crippen LogP contribution in [-0.2, 0) is 0 Å². The highest BCUT2D eigenvalue weighted by Gasteiger charge is 2.25. The number of nitrogens with zero attached hydrogens (tertiary/aromatic N) is 1. The van der Waals surface area contributed by atoms with E-state index in [1.165, 1.54) is 51.6 Å². The predicted molar refractivity (Wildman–Crippen MR) is 76.4 cm³/mol. The van der Waals surface area contributed by atoms with Crippen LogP contribution < -0.4 is 5.32 Å². The van der Waals surface area contributed by atoms with E-state index >= 15 is 0 Å². The van der Waals surface area contributed by atoms with Crippen LogP contribution in [0.25, 0.3) is 0 Å². The average Bonchev–Trinajstić information content (AvgIpc) is 2.36.